The first kappa shape index (κ1) is 31.4. The van der Waals surface area contributed by atoms with Crippen LogP contribution in [-0.4, -0.2) is 78.5 Å². The van der Waals surface area contributed by atoms with Gasteiger partial charge < -0.3 is 19.6 Å². The number of aliphatic carboxylic acids is 1. The van der Waals surface area contributed by atoms with Crippen molar-refractivity contribution >= 4 is 28.0 Å². The molecule has 1 amide bonds. The van der Waals surface area contributed by atoms with E-state index in [-0.39, 0.29) is 62.2 Å². The summed E-state index contributed by atoms with van der Waals surface area (Å²) >= 11 is 0. The molecule has 0 radical (unpaired) electrons. The molecule has 41 heavy (non-hydrogen) atoms. The zero-order chi connectivity index (χ0) is 30.5. The summed E-state index contributed by atoms with van der Waals surface area (Å²) in [5, 5.41) is 9.19. The third-order valence-corrected chi connectivity index (χ3v) is 9.49. The Kier molecular flexibility index (Phi) is 7.71. The van der Waals surface area contributed by atoms with Crippen LogP contribution in [0.5, 0.6) is 0 Å². The largest absolute Gasteiger partial charge is 0.481 e. The van der Waals surface area contributed by atoms with Gasteiger partial charge in [-0.1, -0.05) is 19.4 Å². The number of nitrogens with zero attached hydrogens (tertiary/aromatic N) is 3. The fourth-order valence-electron chi connectivity index (χ4n) is 5.76. The SMILES string of the molecule is CC(OC(=O)N1CCC2(CCN(Cc3cc(N4CCC(C(=O)O)CC4)cc(S(F)(F)(F)(F)F)c3)CC2)C1)C(F)(F)F. The molecule has 4 rings (SSSR count). The van der Waals surface area contributed by atoms with E-state index in [0.29, 0.717) is 44.5 Å². The van der Waals surface area contributed by atoms with Crippen LogP contribution in [0.15, 0.2) is 23.1 Å². The molecule has 0 saturated carbocycles. The average molecular weight is 624 g/mol. The molecular weight excluding hydrogens is 590 g/mol. The smallest absolute Gasteiger partial charge is 0.425 e. The molecule has 1 spiro atoms. The lowest BCUT2D eigenvalue weighted by Gasteiger charge is -2.42. The molecule has 3 aliphatic heterocycles. The van der Waals surface area contributed by atoms with Crippen molar-refractivity contribution in [3.63, 3.8) is 0 Å². The molecule has 3 saturated heterocycles. The lowest BCUT2D eigenvalue weighted by atomic mass is 9.77. The van der Waals surface area contributed by atoms with Crippen molar-refractivity contribution in [2.45, 2.75) is 62.7 Å². The first-order valence-corrected chi connectivity index (χ1v) is 15.2. The molecule has 3 fully saturated rings. The van der Waals surface area contributed by atoms with Crippen LogP contribution in [0.1, 0.15) is 44.6 Å². The zero-order valence-corrected chi connectivity index (χ0v) is 23.1. The zero-order valence-electron chi connectivity index (χ0n) is 22.3. The third kappa shape index (κ3) is 7.67. The van der Waals surface area contributed by atoms with E-state index in [1.165, 1.54) is 15.9 Å². The van der Waals surface area contributed by atoms with Crippen molar-refractivity contribution in [2.75, 3.05) is 44.2 Å². The maximum Gasteiger partial charge on any atom is 0.425 e. The molecule has 3 heterocycles. The predicted octanol–water partition coefficient (Wildman–Crippen LogP) is 7.02. The molecule has 1 N–H and O–H groups in total. The predicted molar refractivity (Wildman–Crippen MR) is 136 cm³/mol. The number of rotatable bonds is 6. The van der Waals surface area contributed by atoms with E-state index >= 15 is 0 Å². The van der Waals surface area contributed by atoms with Gasteiger partial charge in [-0.05, 0) is 81.3 Å². The number of carbonyl (C=O) groups excluding carboxylic acids is 1. The van der Waals surface area contributed by atoms with E-state index in [2.05, 4.69) is 4.74 Å². The Morgan fingerprint density at radius 2 is 1.59 bits per heavy atom. The first-order valence-electron chi connectivity index (χ1n) is 13.2. The average Bonchev–Trinajstić information content (AvgIpc) is 3.27. The number of hydrogen-bond donors (Lipinski definition) is 1. The lowest BCUT2D eigenvalue weighted by molar-refractivity contribution is -0.199. The van der Waals surface area contributed by atoms with Gasteiger partial charge in [-0.2, -0.15) is 13.2 Å². The van der Waals surface area contributed by atoms with Crippen LogP contribution < -0.4 is 4.90 Å². The Bertz CT molecular complexity index is 1160. The standard InChI is InChI=1S/C25H33F8N3O4S/c1-17(25(26,27)28)40-23(39)36-11-6-24(16-36)4-9-34(10-5-24)15-18-12-20(14-21(13-18)41(29,30,31,32)33)35-7-2-19(3-8-35)22(37)38/h12-14,17,19H,2-11,15-16H2,1H3,(H,37,38). The van der Waals surface area contributed by atoms with Gasteiger partial charge in [-0.25, -0.2) is 4.79 Å². The summed E-state index contributed by atoms with van der Waals surface area (Å²) in [6.45, 7) is 2.14. The number of alkyl halides is 3. The van der Waals surface area contributed by atoms with E-state index in [4.69, 9.17) is 0 Å². The van der Waals surface area contributed by atoms with E-state index < -0.39 is 45.4 Å². The number of ether oxygens (including phenoxy) is 1. The Hall–Kier alpha value is -2.49. The molecule has 234 valence electrons. The highest BCUT2D eigenvalue weighted by atomic mass is 32.5. The van der Waals surface area contributed by atoms with Gasteiger partial charge in [-0.3, -0.25) is 9.69 Å². The number of anilines is 1. The monoisotopic (exact) mass is 623 g/mol. The molecule has 0 aromatic heterocycles. The van der Waals surface area contributed by atoms with Crippen molar-refractivity contribution in [3.05, 3.63) is 23.8 Å². The van der Waals surface area contributed by atoms with E-state index in [9.17, 15) is 47.3 Å². The van der Waals surface area contributed by atoms with E-state index in [1.807, 2.05) is 4.90 Å². The number of carboxylic acids is 1. The molecule has 1 atom stereocenters. The fraction of sp³-hybridized carbons (Fsp3) is 0.680. The topological polar surface area (TPSA) is 73.3 Å². The maximum atomic E-state index is 13.9. The minimum absolute atomic E-state index is 0.0365. The summed E-state index contributed by atoms with van der Waals surface area (Å²) in [4.78, 5) is 26.0. The molecule has 16 heteroatoms. The highest BCUT2D eigenvalue weighted by Gasteiger charge is 2.65. The highest BCUT2D eigenvalue weighted by molar-refractivity contribution is 8.45. The molecule has 7 nitrogen and oxygen atoms in total. The second kappa shape index (κ2) is 10.1. The minimum atomic E-state index is -10.0. The molecule has 0 bridgehead atoms. The molecule has 1 unspecified atom stereocenters. The number of carbonyl (C=O) groups is 2. The Morgan fingerprint density at radius 1 is 1.00 bits per heavy atom. The molecule has 1 aromatic carbocycles. The van der Waals surface area contributed by atoms with Crippen molar-refractivity contribution in [2.24, 2.45) is 11.3 Å². The van der Waals surface area contributed by atoms with Crippen LogP contribution in [0.4, 0.5) is 43.1 Å². The minimum Gasteiger partial charge on any atom is -0.481 e. The number of hydrogen-bond acceptors (Lipinski definition) is 5. The van der Waals surface area contributed by atoms with Crippen LogP contribution >= 0.6 is 10.2 Å². The van der Waals surface area contributed by atoms with Crippen molar-refractivity contribution < 1.29 is 52.0 Å². The second-order valence-corrected chi connectivity index (χ2v) is 13.8. The third-order valence-electron chi connectivity index (χ3n) is 8.36. The van der Waals surface area contributed by atoms with Gasteiger partial charge >= 0.3 is 28.5 Å². The first-order chi connectivity index (χ1) is 18.6. The summed E-state index contributed by atoms with van der Waals surface area (Å²) in [7, 11) is -10.0. The highest BCUT2D eigenvalue weighted by Crippen LogP contribution is 3.02. The van der Waals surface area contributed by atoms with Crippen LogP contribution in [0.3, 0.4) is 0 Å². The lowest BCUT2D eigenvalue weighted by Crippen LogP contribution is -2.43. The Labute approximate surface area is 232 Å². The number of piperidine rings is 2. The van der Waals surface area contributed by atoms with Gasteiger partial charge in [0.25, 0.3) is 0 Å². The van der Waals surface area contributed by atoms with Crippen LogP contribution in [0.2, 0.25) is 0 Å². The summed E-state index contributed by atoms with van der Waals surface area (Å²) in [6, 6.07) is 2.32. The van der Waals surface area contributed by atoms with Gasteiger partial charge in [0, 0.05) is 38.4 Å². The summed E-state index contributed by atoms with van der Waals surface area (Å²) in [5.74, 6) is -1.65. The second-order valence-electron chi connectivity index (χ2n) is 11.4. The van der Waals surface area contributed by atoms with E-state index in [0.717, 1.165) is 6.92 Å². The fourth-order valence-corrected chi connectivity index (χ4v) is 6.48. The van der Waals surface area contributed by atoms with Gasteiger partial charge in [0.15, 0.2) is 6.10 Å². The van der Waals surface area contributed by atoms with Gasteiger partial charge in [-0.15, -0.1) is 0 Å². The summed E-state index contributed by atoms with van der Waals surface area (Å²) in [6.07, 6.45) is -6.05. The number of likely N-dealkylation sites (tertiary alicyclic amines) is 2. The van der Waals surface area contributed by atoms with Crippen molar-refractivity contribution in [1.82, 2.24) is 9.80 Å². The van der Waals surface area contributed by atoms with E-state index in [1.54, 1.807) is 0 Å². The summed E-state index contributed by atoms with van der Waals surface area (Å²) in [5.41, 5.74) is -0.372. The molecule has 1 aromatic rings. The van der Waals surface area contributed by atoms with Crippen LogP contribution in [0, 0.1) is 11.3 Å². The van der Waals surface area contributed by atoms with Crippen LogP contribution in [-0.2, 0) is 16.1 Å². The van der Waals surface area contributed by atoms with Crippen LogP contribution in [0.25, 0.3) is 0 Å². The van der Waals surface area contributed by atoms with Gasteiger partial charge in [0.05, 0.1) is 5.92 Å². The van der Waals surface area contributed by atoms with Crippen molar-refractivity contribution in [3.8, 4) is 0 Å². The van der Waals surface area contributed by atoms with Gasteiger partial charge in [0.1, 0.15) is 4.90 Å². The van der Waals surface area contributed by atoms with Gasteiger partial charge in [0.2, 0.25) is 0 Å². The molecule has 3 aliphatic rings. The Balaban J connectivity index is 1.43. The number of amides is 1. The quantitative estimate of drug-likeness (QED) is 0.344. The normalized spacial score (nSPS) is 23.2. The van der Waals surface area contributed by atoms with Crippen molar-refractivity contribution in [1.29, 1.82) is 0 Å². The summed E-state index contributed by atoms with van der Waals surface area (Å²) < 4.78 is 112. The molecular formula is C25H33F8N3O4S. The number of halogens is 8. The number of benzene rings is 1. The Morgan fingerprint density at radius 3 is 2.12 bits per heavy atom. The molecule has 0 aliphatic carbocycles. The maximum absolute atomic E-state index is 13.9. The number of carboxylic acid groups (broad SMARTS) is 1.